The maximum Gasteiger partial charge on any atom is 0.234 e. The molecule has 1 N–H and O–H groups in total. The Labute approximate surface area is 151 Å². The zero-order chi connectivity index (χ0) is 17.5. The first-order valence-electron chi connectivity index (χ1n) is 8.15. The molecule has 0 atom stereocenters. The molecule has 25 heavy (non-hydrogen) atoms. The number of amides is 1. The van der Waals surface area contributed by atoms with Crippen LogP contribution < -0.4 is 5.32 Å². The van der Waals surface area contributed by atoms with Crippen molar-refractivity contribution in [2.75, 3.05) is 11.1 Å². The first-order valence-corrected chi connectivity index (χ1v) is 9.14. The van der Waals surface area contributed by atoms with Gasteiger partial charge in [-0.3, -0.25) is 4.79 Å². The summed E-state index contributed by atoms with van der Waals surface area (Å²) in [5, 5.41) is 12.0. The predicted octanol–water partition coefficient (Wildman–Crippen LogP) is 4.44. The average molecular weight is 349 g/mol. The Kier molecular flexibility index (Phi) is 5.80. The van der Waals surface area contributed by atoms with Crippen LogP contribution in [0.3, 0.4) is 0 Å². The molecule has 5 heteroatoms. The molecule has 0 aliphatic heterocycles. The van der Waals surface area contributed by atoms with Crippen molar-refractivity contribution in [3.63, 3.8) is 0 Å². The summed E-state index contributed by atoms with van der Waals surface area (Å²) in [5.41, 5.74) is 3.92. The number of benzene rings is 2. The summed E-state index contributed by atoms with van der Waals surface area (Å²) in [7, 11) is 0. The minimum absolute atomic E-state index is 0.0526. The molecular weight excluding hydrogens is 330 g/mol. The van der Waals surface area contributed by atoms with Crippen LogP contribution in [0.25, 0.3) is 11.3 Å². The molecule has 0 saturated carbocycles. The zero-order valence-corrected chi connectivity index (χ0v) is 14.8. The fraction of sp³-hybridized carbons (Fsp3) is 0.150. The van der Waals surface area contributed by atoms with Gasteiger partial charge in [0, 0.05) is 11.3 Å². The Balaban J connectivity index is 1.53. The van der Waals surface area contributed by atoms with Gasteiger partial charge in [0.05, 0.1) is 11.4 Å². The van der Waals surface area contributed by atoms with E-state index in [1.54, 1.807) is 0 Å². The lowest BCUT2D eigenvalue weighted by molar-refractivity contribution is -0.113. The monoisotopic (exact) mass is 349 g/mol. The van der Waals surface area contributed by atoms with Gasteiger partial charge in [-0.15, -0.1) is 10.2 Å². The van der Waals surface area contributed by atoms with Gasteiger partial charge in [-0.25, -0.2) is 0 Å². The fourth-order valence-electron chi connectivity index (χ4n) is 2.32. The van der Waals surface area contributed by atoms with Crippen LogP contribution in [0.2, 0.25) is 0 Å². The molecule has 0 spiro atoms. The molecule has 0 aliphatic rings. The highest BCUT2D eigenvalue weighted by molar-refractivity contribution is 7.99. The van der Waals surface area contributed by atoms with Crippen molar-refractivity contribution in [3.8, 4) is 11.3 Å². The predicted molar refractivity (Wildman–Crippen MR) is 103 cm³/mol. The molecular formula is C20H19N3OS. The van der Waals surface area contributed by atoms with E-state index in [9.17, 15) is 4.79 Å². The van der Waals surface area contributed by atoms with Crippen LogP contribution in [-0.4, -0.2) is 21.9 Å². The second-order valence-corrected chi connectivity index (χ2v) is 6.51. The highest BCUT2D eigenvalue weighted by Gasteiger charge is 2.06. The SMILES string of the molecule is CCc1ccc(NC(=O)CSc2ccc(-c3ccccc3)nn2)cc1. The van der Waals surface area contributed by atoms with Crippen LogP contribution >= 0.6 is 11.8 Å². The number of hydrogen-bond donors (Lipinski definition) is 1. The molecule has 0 unspecified atom stereocenters. The number of carbonyl (C=O) groups is 1. The van der Waals surface area contributed by atoms with Crippen LogP contribution in [0.1, 0.15) is 12.5 Å². The summed E-state index contributed by atoms with van der Waals surface area (Å²) in [6.07, 6.45) is 0.988. The molecule has 2 aromatic carbocycles. The van der Waals surface area contributed by atoms with Crippen molar-refractivity contribution < 1.29 is 4.79 Å². The van der Waals surface area contributed by atoms with E-state index in [1.165, 1.54) is 17.3 Å². The van der Waals surface area contributed by atoms with Crippen molar-refractivity contribution in [2.45, 2.75) is 18.4 Å². The number of hydrogen-bond acceptors (Lipinski definition) is 4. The average Bonchev–Trinajstić information content (AvgIpc) is 2.68. The van der Waals surface area contributed by atoms with Crippen molar-refractivity contribution in [3.05, 3.63) is 72.3 Å². The number of nitrogens with one attached hydrogen (secondary N) is 1. The lowest BCUT2D eigenvalue weighted by Crippen LogP contribution is -2.14. The normalized spacial score (nSPS) is 10.4. The van der Waals surface area contributed by atoms with Crippen molar-refractivity contribution in [1.29, 1.82) is 0 Å². The summed E-state index contributed by atoms with van der Waals surface area (Å²) < 4.78 is 0. The molecule has 0 radical (unpaired) electrons. The number of carbonyl (C=O) groups excluding carboxylic acids is 1. The van der Waals surface area contributed by atoms with Crippen LogP contribution in [0, 0.1) is 0 Å². The highest BCUT2D eigenvalue weighted by Crippen LogP contribution is 2.20. The molecule has 1 aromatic heterocycles. The molecule has 1 amide bonds. The van der Waals surface area contributed by atoms with Gasteiger partial charge in [0.1, 0.15) is 5.03 Å². The number of aromatic nitrogens is 2. The fourth-order valence-corrected chi connectivity index (χ4v) is 2.93. The number of anilines is 1. The Morgan fingerprint density at radius 3 is 2.36 bits per heavy atom. The number of aryl methyl sites for hydroxylation is 1. The van der Waals surface area contributed by atoms with E-state index in [1.807, 2.05) is 66.7 Å². The largest absolute Gasteiger partial charge is 0.325 e. The molecule has 0 fully saturated rings. The number of thioether (sulfide) groups is 1. The van der Waals surface area contributed by atoms with Crippen LogP contribution in [-0.2, 0) is 11.2 Å². The maximum atomic E-state index is 12.0. The van der Waals surface area contributed by atoms with Gasteiger partial charge in [0.2, 0.25) is 5.91 Å². The van der Waals surface area contributed by atoms with E-state index in [-0.39, 0.29) is 5.91 Å². The van der Waals surface area contributed by atoms with Gasteiger partial charge in [-0.2, -0.15) is 0 Å². The smallest absolute Gasteiger partial charge is 0.234 e. The van der Waals surface area contributed by atoms with Crippen LogP contribution in [0.5, 0.6) is 0 Å². The van der Waals surface area contributed by atoms with Crippen molar-refractivity contribution in [2.24, 2.45) is 0 Å². The van der Waals surface area contributed by atoms with E-state index < -0.39 is 0 Å². The first-order chi connectivity index (χ1) is 12.2. The maximum absolute atomic E-state index is 12.0. The Morgan fingerprint density at radius 2 is 1.72 bits per heavy atom. The highest BCUT2D eigenvalue weighted by atomic mass is 32.2. The topological polar surface area (TPSA) is 54.9 Å². The molecule has 0 aliphatic carbocycles. The van der Waals surface area contributed by atoms with Crippen molar-refractivity contribution in [1.82, 2.24) is 10.2 Å². The number of rotatable bonds is 6. The summed E-state index contributed by atoms with van der Waals surface area (Å²) in [6.45, 7) is 2.11. The standard InChI is InChI=1S/C20H19N3OS/c1-2-15-8-10-17(11-9-15)21-19(24)14-25-20-13-12-18(22-23-20)16-6-4-3-5-7-16/h3-13H,2,14H2,1H3,(H,21,24). The lowest BCUT2D eigenvalue weighted by atomic mass is 10.1. The molecule has 126 valence electrons. The summed E-state index contributed by atoms with van der Waals surface area (Å²) in [5.74, 6) is 0.248. The number of nitrogens with zero attached hydrogens (tertiary/aromatic N) is 2. The van der Waals surface area contributed by atoms with E-state index in [0.717, 1.165) is 28.4 Å². The molecule has 0 bridgehead atoms. The third-order valence-electron chi connectivity index (χ3n) is 3.71. The zero-order valence-electron chi connectivity index (χ0n) is 14.0. The second-order valence-electron chi connectivity index (χ2n) is 5.51. The quantitative estimate of drug-likeness (QED) is 0.669. The van der Waals surface area contributed by atoms with E-state index >= 15 is 0 Å². The Bertz CT molecular complexity index is 818. The van der Waals surface area contributed by atoms with E-state index in [2.05, 4.69) is 22.4 Å². The Morgan fingerprint density at radius 1 is 0.960 bits per heavy atom. The van der Waals surface area contributed by atoms with Gasteiger partial charge in [-0.05, 0) is 36.2 Å². The summed E-state index contributed by atoms with van der Waals surface area (Å²) in [4.78, 5) is 12.0. The third kappa shape index (κ3) is 4.90. The molecule has 0 saturated heterocycles. The van der Waals surface area contributed by atoms with Gasteiger partial charge in [0.25, 0.3) is 0 Å². The van der Waals surface area contributed by atoms with E-state index in [4.69, 9.17) is 0 Å². The van der Waals surface area contributed by atoms with Gasteiger partial charge in [0.15, 0.2) is 0 Å². The van der Waals surface area contributed by atoms with Crippen LogP contribution in [0.15, 0.2) is 71.8 Å². The van der Waals surface area contributed by atoms with Crippen molar-refractivity contribution >= 4 is 23.4 Å². The molecule has 3 aromatic rings. The van der Waals surface area contributed by atoms with Gasteiger partial charge < -0.3 is 5.32 Å². The summed E-state index contributed by atoms with van der Waals surface area (Å²) >= 11 is 1.37. The third-order valence-corrected chi connectivity index (χ3v) is 4.63. The minimum Gasteiger partial charge on any atom is -0.325 e. The molecule has 4 nitrogen and oxygen atoms in total. The Hall–Kier alpha value is -2.66. The molecule has 1 heterocycles. The van der Waals surface area contributed by atoms with E-state index in [0.29, 0.717) is 5.75 Å². The lowest BCUT2D eigenvalue weighted by Gasteiger charge is -2.06. The van der Waals surface area contributed by atoms with Gasteiger partial charge >= 0.3 is 0 Å². The minimum atomic E-state index is -0.0526. The summed E-state index contributed by atoms with van der Waals surface area (Å²) in [6, 6.07) is 21.6. The van der Waals surface area contributed by atoms with Crippen LogP contribution in [0.4, 0.5) is 5.69 Å². The first kappa shape index (κ1) is 17.2. The second kappa shape index (κ2) is 8.44. The molecule has 3 rings (SSSR count). The van der Waals surface area contributed by atoms with Gasteiger partial charge in [-0.1, -0.05) is 61.2 Å².